The number of carbonyl (C=O) groups is 2. The van der Waals surface area contributed by atoms with Crippen molar-refractivity contribution >= 4 is 41.7 Å². The van der Waals surface area contributed by atoms with Gasteiger partial charge in [-0.2, -0.15) is 0 Å². The molecular formula is C17H25ClN4O4S. The molecule has 2 amide bonds. The van der Waals surface area contributed by atoms with Crippen LogP contribution < -0.4 is 11.1 Å². The molecule has 1 fully saturated rings. The van der Waals surface area contributed by atoms with Gasteiger partial charge < -0.3 is 16.0 Å². The lowest BCUT2D eigenvalue weighted by molar-refractivity contribution is -0.387. The Hall–Kier alpha value is -1.84. The van der Waals surface area contributed by atoms with Crippen LogP contribution in [0, 0.1) is 10.1 Å². The first-order valence-electron chi connectivity index (χ1n) is 8.58. The van der Waals surface area contributed by atoms with Gasteiger partial charge in [0.15, 0.2) is 0 Å². The third-order valence-electron chi connectivity index (χ3n) is 4.42. The summed E-state index contributed by atoms with van der Waals surface area (Å²) in [6.07, 6.45) is 4.66. The van der Waals surface area contributed by atoms with E-state index in [9.17, 15) is 19.7 Å². The van der Waals surface area contributed by atoms with E-state index in [4.69, 9.17) is 5.73 Å². The van der Waals surface area contributed by atoms with Crippen molar-refractivity contribution in [3.05, 3.63) is 33.9 Å². The van der Waals surface area contributed by atoms with Crippen LogP contribution in [-0.2, 0) is 4.79 Å². The molecule has 1 heterocycles. The summed E-state index contributed by atoms with van der Waals surface area (Å²) in [4.78, 5) is 37.6. The number of rotatable bonds is 7. The molecular weight excluding hydrogens is 392 g/mol. The zero-order chi connectivity index (χ0) is 19.1. The van der Waals surface area contributed by atoms with Gasteiger partial charge in [0, 0.05) is 43.7 Å². The molecule has 1 unspecified atom stereocenters. The fourth-order valence-corrected chi connectivity index (χ4v) is 3.61. The minimum atomic E-state index is -0.469. The summed E-state index contributed by atoms with van der Waals surface area (Å²) in [5.74, 6) is -0.371. The second-order valence-corrected chi connectivity index (χ2v) is 6.98. The molecule has 0 aliphatic carbocycles. The van der Waals surface area contributed by atoms with Gasteiger partial charge in [0.25, 0.3) is 11.6 Å². The Balaban J connectivity index is 0.00000364. The fraction of sp³-hybridized carbons (Fsp3) is 0.529. The van der Waals surface area contributed by atoms with E-state index in [0.29, 0.717) is 23.5 Å². The number of hydrogen-bond donors (Lipinski definition) is 2. The van der Waals surface area contributed by atoms with Crippen molar-refractivity contribution in [1.82, 2.24) is 10.2 Å². The molecule has 150 valence electrons. The van der Waals surface area contributed by atoms with E-state index in [2.05, 4.69) is 5.32 Å². The van der Waals surface area contributed by atoms with Crippen LogP contribution in [0.1, 0.15) is 36.0 Å². The molecule has 1 saturated heterocycles. The quantitative estimate of drug-likeness (QED) is 0.399. The highest BCUT2D eigenvalue weighted by molar-refractivity contribution is 7.98. The first-order valence-corrected chi connectivity index (χ1v) is 9.80. The number of nitrogens with two attached hydrogens (primary N) is 1. The van der Waals surface area contributed by atoms with E-state index in [0.717, 1.165) is 19.3 Å². The average molecular weight is 417 g/mol. The standard InChI is InChI=1S/C17H24N4O4S.ClH/c1-26-15-6-5-12(10-14(15)21(24)25)17(23)20-9-3-2-4-13(20)11-19-16(22)7-8-18;/h5-6,10,13H,2-4,7-9,11,18H2,1H3,(H,19,22);1H. The van der Waals surface area contributed by atoms with Gasteiger partial charge in [-0.3, -0.25) is 19.7 Å². The largest absolute Gasteiger partial charge is 0.354 e. The Morgan fingerprint density at radius 1 is 1.41 bits per heavy atom. The lowest BCUT2D eigenvalue weighted by atomic mass is 10.0. The van der Waals surface area contributed by atoms with Crippen LogP contribution >= 0.6 is 24.2 Å². The molecule has 1 aliphatic heterocycles. The fourth-order valence-electron chi connectivity index (χ4n) is 3.06. The van der Waals surface area contributed by atoms with Crippen molar-refractivity contribution in [1.29, 1.82) is 0 Å². The van der Waals surface area contributed by atoms with Crippen LogP contribution in [0.15, 0.2) is 23.1 Å². The maximum atomic E-state index is 12.9. The first kappa shape index (κ1) is 23.2. The summed E-state index contributed by atoms with van der Waals surface area (Å²) < 4.78 is 0. The average Bonchev–Trinajstić information content (AvgIpc) is 2.65. The molecule has 0 bridgehead atoms. The monoisotopic (exact) mass is 416 g/mol. The van der Waals surface area contributed by atoms with E-state index >= 15 is 0 Å². The molecule has 8 nitrogen and oxygen atoms in total. The number of carbonyl (C=O) groups excluding carboxylic acids is 2. The summed E-state index contributed by atoms with van der Waals surface area (Å²) >= 11 is 1.27. The summed E-state index contributed by atoms with van der Waals surface area (Å²) in [5.41, 5.74) is 5.61. The van der Waals surface area contributed by atoms with E-state index in [1.54, 1.807) is 23.3 Å². The Morgan fingerprint density at radius 3 is 2.78 bits per heavy atom. The Bertz CT molecular complexity index is 689. The lowest BCUT2D eigenvalue weighted by Gasteiger charge is -2.36. The van der Waals surface area contributed by atoms with E-state index in [-0.39, 0.29) is 48.9 Å². The molecule has 1 aromatic rings. The van der Waals surface area contributed by atoms with Crippen molar-refractivity contribution in [2.24, 2.45) is 5.73 Å². The molecule has 1 aromatic carbocycles. The predicted molar refractivity (Wildman–Crippen MR) is 107 cm³/mol. The van der Waals surface area contributed by atoms with Crippen molar-refractivity contribution in [2.75, 3.05) is 25.9 Å². The van der Waals surface area contributed by atoms with E-state index in [1.165, 1.54) is 17.8 Å². The lowest BCUT2D eigenvalue weighted by Crippen LogP contribution is -2.49. The highest BCUT2D eigenvalue weighted by Gasteiger charge is 2.29. The number of nitrogens with zero attached hydrogens (tertiary/aromatic N) is 2. The second-order valence-electron chi connectivity index (χ2n) is 6.13. The maximum Gasteiger partial charge on any atom is 0.283 e. The summed E-state index contributed by atoms with van der Waals surface area (Å²) in [6.45, 7) is 1.23. The van der Waals surface area contributed by atoms with Gasteiger partial charge in [-0.1, -0.05) is 0 Å². The maximum absolute atomic E-state index is 12.9. The molecule has 2 rings (SSSR count). The third kappa shape index (κ3) is 6.08. The highest BCUT2D eigenvalue weighted by Crippen LogP contribution is 2.29. The topological polar surface area (TPSA) is 119 Å². The SMILES string of the molecule is CSc1ccc(C(=O)N2CCCCC2CNC(=O)CCN)cc1[N+](=O)[O-].Cl. The van der Waals surface area contributed by atoms with Crippen molar-refractivity contribution in [2.45, 2.75) is 36.6 Å². The van der Waals surface area contributed by atoms with Crippen LogP contribution in [-0.4, -0.2) is 53.6 Å². The van der Waals surface area contributed by atoms with Crippen LogP contribution in [0.2, 0.25) is 0 Å². The predicted octanol–water partition coefficient (Wildman–Crippen LogP) is 2.20. The van der Waals surface area contributed by atoms with Gasteiger partial charge in [-0.05, 0) is 37.7 Å². The van der Waals surface area contributed by atoms with Crippen molar-refractivity contribution < 1.29 is 14.5 Å². The summed E-state index contributed by atoms with van der Waals surface area (Å²) in [7, 11) is 0. The highest BCUT2D eigenvalue weighted by atomic mass is 35.5. The number of hydrogen-bond acceptors (Lipinski definition) is 6. The Morgan fingerprint density at radius 2 is 2.15 bits per heavy atom. The second kappa shape index (κ2) is 11.1. The molecule has 10 heteroatoms. The van der Waals surface area contributed by atoms with Gasteiger partial charge in [-0.15, -0.1) is 24.2 Å². The number of amides is 2. The Kier molecular flexibility index (Phi) is 9.54. The minimum absolute atomic E-state index is 0. The zero-order valence-corrected chi connectivity index (χ0v) is 16.8. The van der Waals surface area contributed by atoms with Crippen molar-refractivity contribution in [3.8, 4) is 0 Å². The van der Waals surface area contributed by atoms with E-state index < -0.39 is 4.92 Å². The van der Waals surface area contributed by atoms with Gasteiger partial charge in [0.05, 0.1) is 9.82 Å². The molecule has 1 aliphatic rings. The van der Waals surface area contributed by atoms with Crippen LogP contribution in [0.5, 0.6) is 0 Å². The number of nitro groups is 1. The van der Waals surface area contributed by atoms with Crippen LogP contribution in [0.3, 0.4) is 0 Å². The van der Waals surface area contributed by atoms with Crippen LogP contribution in [0.4, 0.5) is 5.69 Å². The van der Waals surface area contributed by atoms with Gasteiger partial charge in [-0.25, -0.2) is 0 Å². The number of halogens is 1. The van der Waals surface area contributed by atoms with Gasteiger partial charge in [0.2, 0.25) is 5.91 Å². The molecule has 0 aromatic heterocycles. The number of thioether (sulfide) groups is 1. The number of piperidine rings is 1. The molecule has 27 heavy (non-hydrogen) atoms. The Labute approximate surface area is 168 Å². The van der Waals surface area contributed by atoms with Crippen molar-refractivity contribution in [3.63, 3.8) is 0 Å². The number of benzene rings is 1. The molecule has 1 atom stereocenters. The van der Waals surface area contributed by atoms with Gasteiger partial charge >= 0.3 is 0 Å². The molecule has 0 saturated carbocycles. The zero-order valence-electron chi connectivity index (χ0n) is 15.2. The summed E-state index contributed by atoms with van der Waals surface area (Å²) in [6, 6.07) is 4.46. The molecule has 0 radical (unpaired) electrons. The van der Waals surface area contributed by atoms with E-state index in [1.807, 2.05) is 0 Å². The summed E-state index contributed by atoms with van der Waals surface area (Å²) in [5, 5.41) is 14.1. The van der Waals surface area contributed by atoms with Crippen LogP contribution in [0.25, 0.3) is 0 Å². The third-order valence-corrected chi connectivity index (χ3v) is 5.20. The molecule has 0 spiro atoms. The minimum Gasteiger partial charge on any atom is -0.354 e. The smallest absolute Gasteiger partial charge is 0.283 e. The number of nitrogens with one attached hydrogen (secondary N) is 1. The first-order chi connectivity index (χ1) is 12.5. The normalized spacial score (nSPS) is 16.4. The number of nitro benzene ring substituents is 1. The molecule has 3 N–H and O–H groups in total. The number of likely N-dealkylation sites (tertiary alicyclic amines) is 1. The van der Waals surface area contributed by atoms with Gasteiger partial charge in [0.1, 0.15) is 0 Å².